The number of rotatable bonds is 10. The molecule has 1 heterocycles. The zero-order chi connectivity index (χ0) is 33.9. The van der Waals surface area contributed by atoms with Crippen LogP contribution in [0.15, 0.2) is 131 Å². The van der Waals surface area contributed by atoms with Crippen molar-refractivity contribution in [2.45, 2.75) is 81.3 Å². The summed E-state index contributed by atoms with van der Waals surface area (Å²) in [7, 11) is -6.77. The van der Waals surface area contributed by atoms with Crippen molar-refractivity contribution in [3.63, 3.8) is 0 Å². The molecule has 1 atom stereocenters. The zero-order valence-corrected chi connectivity index (χ0v) is 31.3. The predicted molar refractivity (Wildman–Crippen MR) is 199 cm³/mol. The number of nitrogens with zero attached hydrogens (tertiary/aromatic N) is 1. The first-order valence-electron chi connectivity index (χ1n) is 16.3. The van der Waals surface area contributed by atoms with Crippen LogP contribution in [0, 0.1) is 6.92 Å². The minimum atomic E-state index is -3.81. The molecule has 5 nitrogen and oxygen atoms in total. The van der Waals surface area contributed by atoms with Crippen LogP contribution in [0.2, 0.25) is 5.04 Å². The first-order chi connectivity index (χ1) is 22.2. The van der Waals surface area contributed by atoms with E-state index in [-0.39, 0.29) is 15.3 Å². The second-order valence-corrected chi connectivity index (χ2v) is 21.6. The Hall–Kier alpha value is -2.98. The maximum absolute atomic E-state index is 14.2. The molecule has 8 heteroatoms. The average molecular weight is 685 g/mol. The number of hydrogen-bond acceptors (Lipinski definition) is 5. The van der Waals surface area contributed by atoms with E-state index in [1.54, 1.807) is 28.2 Å². The zero-order valence-electron chi connectivity index (χ0n) is 28.7. The molecule has 47 heavy (non-hydrogen) atoms. The van der Waals surface area contributed by atoms with Crippen LogP contribution in [0.25, 0.3) is 0 Å². The molecule has 4 aromatic carbocycles. The van der Waals surface area contributed by atoms with Gasteiger partial charge in [-0.05, 0) is 57.6 Å². The number of benzene rings is 4. The Bertz CT molecular complexity index is 1720. The number of sulfonamides is 1. The van der Waals surface area contributed by atoms with Crippen LogP contribution in [0.5, 0.6) is 0 Å². The average Bonchev–Trinajstić information content (AvgIpc) is 3.46. The van der Waals surface area contributed by atoms with Crippen LogP contribution in [0.4, 0.5) is 0 Å². The number of aryl methyl sites for hydroxylation is 1. The van der Waals surface area contributed by atoms with Crippen molar-refractivity contribution in [1.82, 2.24) is 9.79 Å². The fraction of sp³-hybridized carbons (Fsp3) is 0.333. The summed E-state index contributed by atoms with van der Waals surface area (Å²) in [4.78, 5) is 1.48. The summed E-state index contributed by atoms with van der Waals surface area (Å²) in [6.07, 6.45) is 2.16. The van der Waals surface area contributed by atoms with Gasteiger partial charge in [-0.3, -0.25) is 0 Å². The molecule has 0 spiro atoms. The lowest BCUT2D eigenvalue weighted by Gasteiger charge is -2.43. The summed E-state index contributed by atoms with van der Waals surface area (Å²) in [6, 6.07) is 36.6. The van der Waals surface area contributed by atoms with Gasteiger partial charge >= 0.3 is 0 Å². The third-order valence-electron chi connectivity index (χ3n) is 8.90. The van der Waals surface area contributed by atoms with Gasteiger partial charge < -0.3 is 4.53 Å². The smallest absolute Gasteiger partial charge is 0.287 e. The van der Waals surface area contributed by atoms with Crippen molar-refractivity contribution in [3.8, 4) is 0 Å². The van der Waals surface area contributed by atoms with Crippen molar-refractivity contribution in [2.24, 2.45) is 0 Å². The third kappa shape index (κ3) is 7.85. The first-order valence-corrected chi connectivity index (χ1v) is 20.6. The van der Waals surface area contributed by atoms with E-state index in [1.807, 2.05) is 55.5 Å². The summed E-state index contributed by atoms with van der Waals surface area (Å²) in [5.41, 5.74) is 6.89. The molecule has 0 saturated carbocycles. The van der Waals surface area contributed by atoms with E-state index in [0.717, 1.165) is 27.3 Å². The highest BCUT2D eigenvalue weighted by Crippen LogP contribution is 2.37. The van der Waals surface area contributed by atoms with Gasteiger partial charge in [-0.15, -0.1) is 11.8 Å². The van der Waals surface area contributed by atoms with Crippen LogP contribution in [0.1, 0.15) is 59.1 Å². The fourth-order valence-corrected chi connectivity index (χ4v) is 12.8. The van der Waals surface area contributed by atoms with Crippen LogP contribution in [0.3, 0.4) is 0 Å². The van der Waals surface area contributed by atoms with Crippen LogP contribution >= 0.6 is 11.8 Å². The van der Waals surface area contributed by atoms with E-state index in [4.69, 9.17) is 4.53 Å². The Morgan fingerprint density at radius 2 is 1.38 bits per heavy atom. The monoisotopic (exact) mass is 684 g/mol. The van der Waals surface area contributed by atoms with Crippen molar-refractivity contribution in [1.29, 1.82) is 0 Å². The van der Waals surface area contributed by atoms with E-state index in [9.17, 15) is 8.42 Å². The Morgan fingerprint density at radius 1 is 0.830 bits per heavy atom. The van der Waals surface area contributed by atoms with Crippen LogP contribution in [-0.4, -0.2) is 39.5 Å². The normalized spacial score (nSPS) is 17.3. The molecule has 1 aliphatic heterocycles. The SMILES string of the molecule is Cc1ccc(S(=O)(=O)N2C/C(=C\CSc3ccc(C(C)(C)C)cc3)CC2NO[Si](c2ccccc2)(c2ccccc2)C(C)(C)C)cc1. The van der Waals surface area contributed by atoms with Crippen molar-refractivity contribution < 1.29 is 12.9 Å². The lowest BCUT2D eigenvalue weighted by atomic mass is 9.87. The van der Waals surface area contributed by atoms with Gasteiger partial charge in [0.2, 0.25) is 10.0 Å². The Kier molecular flexibility index (Phi) is 10.7. The Balaban J connectivity index is 1.45. The van der Waals surface area contributed by atoms with E-state index >= 15 is 0 Å². The molecule has 1 aliphatic rings. The topological polar surface area (TPSA) is 58.6 Å². The molecule has 4 aromatic rings. The first kappa shape index (κ1) is 35.3. The van der Waals surface area contributed by atoms with Crippen molar-refractivity contribution in [3.05, 3.63) is 132 Å². The summed E-state index contributed by atoms with van der Waals surface area (Å²) < 4.78 is 37.0. The Labute approximate surface area is 287 Å². The van der Waals surface area contributed by atoms with Gasteiger partial charge in [-0.2, -0.15) is 9.79 Å². The molecule has 0 aliphatic carbocycles. The number of hydrogen-bond donors (Lipinski definition) is 1. The summed E-state index contributed by atoms with van der Waals surface area (Å²) >= 11 is 1.76. The van der Waals surface area contributed by atoms with Gasteiger partial charge in [0, 0.05) is 23.6 Å². The van der Waals surface area contributed by atoms with Crippen LogP contribution < -0.4 is 15.9 Å². The highest BCUT2D eigenvalue weighted by Gasteiger charge is 2.52. The maximum atomic E-state index is 14.2. The van der Waals surface area contributed by atoms with E-state index in [1.165, 1.54) is 10.5 Å². The lowest BCUT2D eigenvalue weighted by molar-refractivity contribution is 0.104. The number of hydroxylamine groups is 1. The minimum absolute atomic E-state index is 0.111. The molecule has 0 bridgehead atoms. The fourth-order valence-electron chi connectivity index (χ4n) is 6.18. The molecule has 0 amide bonds. The quantitative estimate of drug-likeness (QED) is 0.0800. The minimum Gasteiger partial charge on any atom is -0.332 e. The van der Waals surface area contributed by atoms with E-state index in [2.05, 4.69) is 102 Å². The van der Waals surface area contributed by atoms with Crippen molar-refractivity contribution in [2.75, 3.05) is 12.3 Å². The van der Waals surface area contributed by atoms with E-state index < -0.39 is 24.5 Å². The summed E-state index contributed by atoms with van der Waals surface area (Å²) in [6.45, 7) is 15.6. The van der Waals surface area contributed by atoms with Crippen molar-refractivity contribution >= 4 is 40.5 Å². The van der Waals surface area contributed by atoms with Crippen LogP contribution in [-0.2, 0) is 20.0 Å². The standard InChI is InChI=1S/C39H48N2O3S2Si/c1-30-18-24-34(25-19-30)46(42,43)41-29-31(26-27-45-33-22-20-32(21-23-33)38(2,3)4)28-37(41)40-44-47(39(5,6)7,35-14-10-8-11-15-35)36-16-12-9-13-17-36/h8-26,37,40H,27-29H2,1-7H3/b31-26-. The molecule has 0 aromatic heterocycles. The molecule has 1 unspecified atom stereocenters. The molecule has 1 saturated heterocycles. The molecule has 5 rings (SSSR count). The molecule has 248 valence electrons. The van der Waals surface area contributed by atoms with Gasteiger partial charge in [0.1, 0.15) is 6.17 Å². The number of nitrogens with one attached hydrogen (secondary N) is 1. The Morgan fingerprint density at radius 3 is 1.89 bits per heavy atom. The van der Waals surface area contributed by atoms with Gasteiger partial charge in [-0.25, -0.2) is 8.42 Å². The molecule has 0 radical (unpaired) electrons. The van der Waals surface area contributed by atoms with Gasteiger partial charge in [-0.1, -0.05) is 144 Å². The second kappa shape index (κ2) is 14.2. The highest BCUT2D eigenvalue weighted by molar-refractivity contribution is 7.99. The summed E-state index contributed by atoms with van der Waals surface area (Å²) in [5.74, 6) is 0.755. The maximum Gasteiger partial charge on any atom is 0.287 e. The van der Waals surface area contributed by atoms with Gasteiger partial charge in [0.25, 0.3) is 8.32 Å². The lowest BCUT2D eigenvalue weighted by Crippen LogP contribution is -2.69. The van der Waals surface area contributed by atoms with Gasteiger partial charge in [0.05, 0.1) is 4.90 Å². The third-order valence-corrected chi connectivity index (χ3v) is 16.5. The molecule has 1 fully saturated rings. The molecular weight excluding hydrogens is 637 g/mol. The summed E-state index contributed by atoms with van der Waals surface area (Å²) in [5, 5.41) is 1.99. The number of thioether (sulfide) groups is 1. The predicted octanol–water partition coefficient (Wildman–Crippen LogP) is 7.81. The largest absolute Gasteiger partial charge is 0.332 e. The van der Waals surface area contributed by atoms with Gasteiger partial charge in [0.15, 0.2) is 0 Å². The second-order valence-electron chi connectivity index (χ2n) is 14.4. The molecular formula is C39H48N2O3S2Si. The highest BCUT2D eigenvalue weighted by atomic mass is 32.2. The van der Waals surface area contributed by atoms with E-state index in [0.29, 0.717) is 13.0 Å². The molecule has 1 N–H and O–H groups in total.